The number of benzene rings is 1. The van der Waals surface area contributed by atoms with E-state index in [0.717, 1.165) is 23.4 Å². The maximum Gasteiger partial charge on any atom is 0.118 e. The molecule has 1 saturated heterocycles. The smallest absolute Gasteiger partial charge is 0.118 e. The van der Waals surface area contributed by atoms with Gasteiger partial charge >= 0.3 is 0 Å². The van der Waals surface area contributed by atoms with Crippen LogP contribution in [-0.2, 0) is 0 Å². The first-order chi connectivity index (χ1) is 8.06. The highest BCUT2D eigenvalue weighted by atomic mass is 16.3. The molecule has 17 heavy (non-hydrogen) atoms. The van der Waals surface area contributed by atoms with E-state index in [0.29, 0.717) is 11.8 Å². The Morgan fingerprint density at radius 2 is 2.06 bits per heavy atom. The average molecular weight is 234 g/mol. The zero-order valence-corrected chi connectivity index (χ0v) is 11.0. The van der Waals surface area contributed by atoms with Crippen molar-refractivity contribution < 1.29 is 5.11 Å². The normalized spacial score (nSPS) is 21.5. The number of nitrogens with one attached hydrogen (secondary N) is 1. The maximum absolute atomic E-state index is 9.64. The average Bonchev–Trinajstić information content (AvgIpc) is 2.26. The molecule has 3 heteroatoms. The Morgan fingerprint density at radius 3 is 2.76 bits per heavy atom. The second-order valence-electron chi connectivity index (χ2n) is 5.20. The SMILES string of the molecule is Cc1cc(NC2CCCN(C)C2)c(C)cc1O. The number of likely N-dealkylation sites (N-methyl/N-ethyl adjacent to an activating group) is 1. The third kappa shape index (κ3) is 2.91. The monoisotopic (exact) mass is 234 g/mol. The van der Waals surface area contributed by atoms with Crippen LogP contribution >= 0.6 is 0 Å². The van der Waals surface area contributed by atoms with Crippen molar-refractivity contribution in [3.05, 3.63) is 23.3 Å². The first-order valence-corrected chi connectivity index (χ1v) is 6.31. The Labute approximate surface area is 103 Å². The summed E-state index contributed by atoms with van der Waals surface area (Å²) in [6.07, 6.45) is 2.48. The van der Waals surface area contributed by atoms with Gasteiger partial charge in [-0.1, -0.05) is 0 Å². The van der Waals surface area contributed by atoms with Crippen LogP contribution in [0.15, 0.2) is 12.1 Å². The summed E-state index contributed by atoms with van der Waals surface area (Å²) in [4.78, 5) is 2.36. The molecule has 3 nitrogen and oxygen atoms in total. The highest BCUT2D eigenvalue weighted by Crippen LogP contribution is 2.26. The highest BCUT2D eigenvalue weighted by Gasteiger charge is 2.17. The van der Waals surface area contributed by atoms with Gasteiger partial charge in [-0.05, 0) is 63.5 Å². The lowest BCUT2D eigenvalue weighted by Crippen LogP contribution is -2.39. The van der Waals surface area contributed by atoms with Gasteiger partial charge in [-0.2, -0.15) is 0 Å². The maximum atomic E-state index is 9.64. The molecule has 1 heterocycles. The van der Waals surface area contributed by atoms with Crippen LogP contribution in [0.3, 0.4) is 0 Å². The summed E-state index contributed by atoms with van der Waals surface area (Å²) in [6, 6.07) is 4.40. The third-order valence-electron chi connectivity index (χ3n) is 3.53. The lowest BCUT2D eigenvalue weighted by molar-refractivity contribution is 0.261. The molecular weight excluding hydrogens is 212 g/mol. The van der Waals surface area contributed by atoms with Gasteiger partial charge in [0, 0.05) is 18.3 Å². The molecule has 1 aromatic carbocycles. The van der Waals surface area contributed by atoms with Gasteiger partial charge in [0.15, 0.2) is 0 Å². The van der Waals surface area contributed by atoms with Crippen molar-refractivity contribution in [2.45, 2.75) is 32.7 Å². The molecule has 1 unspecified atom stereocenters. The number of likely N-dealkylation sites (tertiary alicyclic amines) is 1. The van der Waals surface area contributed by atoms with Crippen molar-refractivity contribution >= 4 is 5.69 Å². The van der Waals surface area contributed by atoms with Crippen LogP contribution in [0.25, 0.3) is 0 Å². The van der Waals surface area contributed by atoms with Crippen LogP contribution in [0.5, 0.6) is 5.75 Å². The second-order valence-corrected chi connectivity index (χ2v) is 5.20. The molecule has 0 radical (unpaired) electrons. The Balaban J connectivity index is 2.10. The third-order valence-corrected chi connectivity index (χ3v) is 3.53. The zero-order chi connectivity index (χ0) is 12.4. The second kappa shape index (κ2) is 4.96. The molecule has 1 aliphatic rings. The van der Waals surface area contributed by atoms with Gasteiger partial charge in [0.05, 0.1) is 0 Å². The van der Waals surface area contributed by atoms with Crippen LogP contribution in [0.2, 0.25) is 0 Å². The van der Waals surface area contributed by atoms with E-state index in [1.807, 2.05) is 26.0 Å². The predicted molar refractivity (Wildman–Crippen MR) is 71.7 cm³/mol. The molecule has 2 N–H and O–H groups in total. The molecule has 1 atom stereocenters. The number of phenols is 1. The minimum atomic E-state index is 0.383. The van der Waals surface area contributed by atoms with Crippen LogP contribution in [0.1, 0.15) is 24.0 Å². The Kier molecular flexibility index (Phi) is 3.57. The number of rotatable bonds is 2. The van der Waals surface area contributed by atoms with Crippen molar-refractivity contribution in [3.8, 4) is 5.75 Å². The summed E-state index contributed by atoms with van der Waals surface area (Å²) in [5, 5.41) is 13.2. The molecule has 1 aliphatic heterocycles. The molecule has 1 aromatic rings. The number of hydrogen-bond acceptors (Lipinski definition) is 3. The van der Waals surface area contributed by atoms with E-state index in [1.54, 1.807) is 0 Å². The summed E-state index contributed by atoms with van der Waals surface area (Å²) >= 11 is 0. The van der Waals surface area contributed by atoms with E-state index >= 15 is 0 Å². The fraction of sp³-hybridized carbons (Fsp3) is 0.571. The molecule has 1 fully saturated rings. The number of anilines is 1. The lowest BCUT2D eigenvalue weighted by atomic mass is 10.0. The Morgan fingerprint density at radius 1 is 1.29 bits per heavy atom. The molecule has 0 amide bonds. The number of piperidine rings is 1. The summed E-state index contributed by atoms with van der Waals surface area (Å²) < 4.78 is 0. The first-order valence-electron chi connectivity index (χ1n) is 6.31. The molecule has 2 rings (SSSR count). The fourth-order valence-electron chi connectivity index (χ4n) is 2.46. The first kappa shape index (κ1) is 12.2. The quantitative estimate of drug-likeness (QED) is 0.772. The van der Waals surface area contributed by atoms with Crippen LogP contribution in [0, 0.1) is 13.8 Å². The van der Waals surface area contributed by atoms with Gasteiger partial charge in [0.1, 0.15) is 5.75 Å². The van der Waals surface area contributed by atoms with E-state index in [-0.39, 0.29) is 0 Å². The number of aryl methyl sites for hydroxylation is 2. The number of aromatic hydroxyl groups is 1. The molecule has 0 bridgehead atoms. The van der Waals surface area contributed by atoms with Crippen molar-refractivity contribution in [3.63, 3.8) is 0 Å². The van der Waals surface area contributed by atoms with Crippen molar-refractivity contribution in [1.82, 2.24) is 4.90 Å². The fourth-order valence-corrected chi connectivity index (χ4v) is 2.46. The largest absolute Gasteiger partial charge is 0.508 e. The van der Waals surface area contributed by atoms with Crippen molar-refractivity contribution in [1.29, 1.82) is 0 Å². The van der Waals surface area contributed by atoms with E-state index in [4.69, 9.17) is 0 Å². The molecule has 0 aliphatic carbocycles. The Bertz CT molecular complexity index is 403. The summed E-state index contributed by atoms with van der Waals surface area (Å²) in [5.74, 6) is 0.383. The summed E-state index contributed by atoms with van der Waals surface area (Å²) in [7, 11) is 2.17. The van der Waals surface area contributed by atoms with Gasteiger partial charge in [-0.15, -0.1) is 0 Å². The van der Waals surface area contributed by atoms with E-state index in [1.165, 1.54) is 19.4 Å². The van der Waals surface area contributed by atoms with E-state index < -0.39 is 0 Å². The van der Waals surface area contributed by atoms with Gasteiger partial charge in [-0.25, -0.2) is 0 Å². The number of nitrogens with zero attached hydrogens (tertiary/aromatic N) is 1. The molecular formula is C14H22N2O. The summed E-state index contributed by atoms with van der Waals surface area (Å²) in [5.41, 5.74) is 3.20. The highest BCUT2D eigenvalue weighted by molar-refractivity contribution is 5.57. The molecule has 0 spiro atoms. The van der Waals surface area contributed by atoms with Crippen LogP contribution in [0.4, 0.5) is 5.69 Å². The summed E-state index contributed by atoms with van der Waals surface area (Å²) in [6.45, 7) is 6.27. The minimum absolute atomic E-state index is 0.383. The van der Waals surface area contributed by atoms with E-state index in [9.17, 15) is 5.11 Å². The molecule has 0 aromatic heterocycles. The standard InChI is InChI=1S/C14H22N2O/c1-10-8-14(17)11(2)7-13(10)15-12-5-4-6-16(3)9-12/h7-8,12,15,17H,4-6,9H2,1-3H3. The zero-order valence-electron chi connectivity index (χ0n) is 11.0. The topological polar surface area (TPSA) is 35.5 Å². The van der Waals surface area contributed by atoms with Gasteiger partial charge < -0.3 is 15.3 Å². The molecule has 94 valence electrons. The minimum Gasteiger partial charge on any atom is -0.508 e. The van der Waals surface area contributed by atoms with Crippen molar-refractivity contribution in [2.75, 3.05) is 25.5 Å². The Hall–Kier alpha value is -1.22. The molecule has 0 saturated carbocycles. The van der Waals surface area contributed by atoms with Crippen molar-refractivity contribution in [2.24, 2.45) is 0 Å². The van der Waals surface area contributed by atoms with Crippen LogP contribution < -0.4 is 5.32 Å². The van der Waals surface area contributed by atoms with Crippen LogP contribution in [-0.4, -0.2) is 36.2 Å². The number of phenolic OH excluding ortho intramolecular Hbond substituents is 1. The van der Waals surface area contributed by atoms with Gasteiger partial charge in [0.2, 0.25) is 0 Å². The van der Waals surface area contributed by atoms with Gasteiger partial charge in [0.25, 0.3) is 0 Å². The lowest BCUT2D eigenvalue weighted by Gasteiger charge is -2.31. The predicted octanol–water partition coefficient (Wildman–Crippen LogP) is 2.52. The number of hydrogen-bond donors (Lipinski definition) is 2. The van der Waals surface area contributed by atoms with E-state index in [2.05, 4.69) is 17.3 Å². The van der Waals surface area contributed by atoms with Gasteiger partial charge in [-0.3, -0.25) is 0 Å².